The number of imidazole rings is 1. The van der Waals surface area contributed by atoms with Crippen LogP contribution in [0.15, 0.2) is 6.20 Å². The van der Waals surface area contributed by atoms with Crippen LogP contribution in [0.2, 0.25) is 0 Å². The van der Waals surface area contributed by atoms with E-state index >= 15 is 0 Å². The first-order chi connectivity index (χ1) is 9.72. The fourth-order valence-corrected chi connectivity index (χ4v) is 2.47. The average molecular weight is 281 g/mol. The van der Waals surface area contributed by atoms with Crippen LogP contribution in [0.25, 0.3) is 0 Å². The minimum absolute atomic E-state index is 0.751. The van der Waals surface area contributed by atoms with Crippen molar-refractivity contribution in [2.45, 2.75) is 59.5 Å². The quantitative estimate of drug-likeness (QED) is 0.633. The maximum atomic E-state index is 5.06. The Morgan fingerprint density at radius 2 is 2.20 bits per heavy atom. The molecule has 1 aromatic heterocycles. The van der Waals surface area contributed by atoms with Gasteiger partial charge < -0.3 is 14.6 Å². The van der Waals surface area contributed by atoms with E-state index in [2.05, 4.69) is 35.6 Å². The van der Waals surface area contributed by atoms with Gasteiger partial charge in [0.15, 0.2) is 0 Å². The van der Waals surface area contributed by atoms with Crippen LogP contribution in [-0.4, -0.2) is 29.8 Å². The van der Waals surface area contributed by atoms with E-state index in [9.17, 15) is 0 Å². The predicted octanol–water partition coefficient (Wildman–Crippen LogP) is 3.14. The van der Waals surface area contributed by atoms with E-state index in [1.54, 1.807) is 7.11 Å². The highest BCUT2D eigenvalue weighted by atomic mass is 16.5. The van der Waals surface area contributed by atoms with Crippen molar-refractivity contribution in [3.8, 4) is 0 Å². The Kier molecular flexibility index (Phi) is 8.54. The van der Waals surface area contributed by atoms with Gasteiger partial charge in [-0.25, -0.2) is 4.98 Å². The highest BCUT2D eigenvalue weighted by Gasteiger charge is 2.12. The fraction of sp³-hybridized carbons (Fsp3) is 0.812. The summed E-state index contributed by atoms with van der Waals surface area (Å²) in [5.74, 6) is 1.89. The lowest BCUT2D eigenvalue weighted by Gasteiger charge is -2.18. The van der Waals surface area contributed by atoms with Crippen LogP contribution >= 0.6 is 0 Å². The molecule has 1 aromatic rings. The number of unbranched alkanes of at least 4 members (excludes halogenated alkanes) is 1. The lowest BCUT2D eigenvalue weighted by Crippen LogP contribution is -2.22. The van der Waals surface area contributed by atoms with Crippen molar-refractivity contribution in [3.05, 3.63) is 17.7 Å². The molecule has 0 aliphatic carbocycles. The molecule has 0 spiro atoms. The SMILES string of the molecule is CCCCC(CC)Cn1c(CNCCOC)cnc1C. The molecule has 20 heavy (non-hydrogen) atoms. The van der Waals surface area contributed by atoms with Gasteiger partial charge in [0.1, 0.15) is 5.82 Å². The number of nitrogens with zero attached hydrogens (tertiary/aromatic N) is 2. The summed E-state index contributed by atoms with van der Waals surface area (Å²) >= 11 is 0. The molecule has 1 heterocycles. The molecule has 1 rings (SSSR count). The van der Waals surface area contributed by atoms with E-state index in [4.69, 9.17) is 4.74 Å². The Balaban J connectivity index is 2.56. The van der Waals surface area contributed by atoms with Crippen LogP contribution in [0.5, 0.6) is 0 Å². The number of aryl methyl sites for hydroxylation is 1. The van der Waals surface area contributed by atoms with Crippen LogP contribution in [0.3, 0.4) is 0 Å². The lowest BCUT2D eigenvalue weighted by atomic mass is 9.99. The van der Waals surface area contributed by atoms with Crippen LogP contribution in [0.4, 0.5) is 0 Å². The van der Waals surface area contributed by atoms with Gasteiger partial charge in [0, 0.05) is 32.9 Å². The van der Waals surface area contributed by atoms with E-state index in [1.807, 2.05) is 6.20 Å². The third-order valence-electron chi connectivity index (χ3n) is 3.91. The van der Waals surface area contributed by atoms with Gasteiger partial charge in [0.05, 0.1) is 12.3 Å². The lowest BCUT2D eigenvalue weighted by molar-refractivity contribution is 0.199. The summed E-state index contributed by atoms with van der Waals surface area (Å²) in [5, 5.41) is 3.40. The first kappa shape index (κ1) is 17.2. The number of ether oxygens (including phenoxy) is 1. The summed E-state index contributed by atoms with van der Waals surface area (Å²) < 4.78 is 7.44. The van der Waals surface area contributed by atoms with Crippen LogP contribution in [0, 0.1) is 12.8 Å². The van der Waals surface area contributed by atoms with E-state index < -0.39 is 0 Å². The zero-order valence-electron chi connectivity index (χ0n) is 13.6. The van der Waals surface area contributed by atoms with Crippen molar-refractivity contribution in [3.63, 3.8) is 0 Å². The highest BCUT2D eigenvalue weighted by molar-refractivity contribution is 5.04. The molecule has 1 unspecified atom stereocenters. The largest absolute Gasteiger partial charge is 0.383 e. The van der Waals surface area contributed by atoms with E-state index in [1.165, 1.54) is 31.4 Å². The molecule has 0 saturated heterocycles. The third kappa shape index (κ3) is 5.63. The van der Waals surface area contributed by atoms with Crippen molar-refractivity contribution in [2.24, 2.45) is 5.92 Å². The highest BCUT2D eigenvalue weighted by Crippen LogP contribution is 2.17. The molecule has 0 radical (unpaired) electrons. The van der Waals surface area contributed by atoms with Crippen molar-refractivity contribution in [1.82, 2.24) is 14.9 Å². The molecule has 4 nitrogen and oxygen atoms in total. The van der Waals surface area contributed by atoms with Crippen molar-refractivity contribution in [2.75, 3.05) is 20.3 Å². The molecule has 0 fully saturated rings. The van der Waals surface area contributed by atoms with E-state index in [0.717, 1.165) is 38.0 Å². The number of methoxy groups -OCH3 is 1. The Hall–Kier alpha value is -0.870. The molecule has 4 heteroatoms. The fourth-order valence-electron chi connectivity index (χ4n) is 2.47. The molecule has 0 saturated carbocycles. The third-order valence-corrected chi connectivity index (χ3v) is 3.91. The van der Waals surface area contributed by atoms with Gasteiger partial charge >= 0.3 is 0 Å². The van der Waals surface area contributed by atoms with E-state index in [0.29, 0.717) is 0 Å². The normalized spacial score (nSPS) is 12.8. The number of nitrogens with one attached hydrogen (secondary N) is 1. The first-order valence-electron chi connectivity index (χ1n) is 7.93. The first-order valence-corrected chi connectivity index (χ1v) is 7.93. The van der Waals surface area contributed by atoms with Crippen LogP contribution in [-0.2, 0) is 17.8 Å². The second-order valence-corrected chi connectivity index (χ2v) is 5.49. The molecule has 116 valence electrons. The Labute approximate surface area is 123 Å². The zero-order valence-corrected chi connectivity index (χ0v) is 13.6. The summed E-state index contributed by atoms with van der Waals surface area (Å²) in [6.07, 6.45) is 7.18. The number of hydrogen-bond acceptors (Lipinski definition) is 3. The smallest absolute Gasteiger partial charge is 0.105 e. The van der Waals surface area contributed by atoms with Gasteiger partial charge in [-0.2, -0.15) is 0 Å². The van der Waals surface area contributed by atoms with Gasteiger partial charge in [-0.15, -0.1) is 0 Å². The molecule has 0 aliphatic rings. The zero-order chi connectivity index (χ0) is 14.8. The maximum Gasteiger partial charge on any atom is 0.105 e. The molecular weight excluding hydrogens is 250 g/mol. The average Bonchev–Trinajstić information content (AvgIpc) is 2.80. The summed E-state index contributed by atoms with van der Waals surface area (Å²) in [7, 11) is 1.73. The number of rotatable bonds is 11. The number of aromatic nitrogens is 2. The van der Waals surface area contributed by atoms with Crippen molar-refractivity contribution in [1.29, 1.82) is 0 Å². The molecule has 0 aromatic carbocycles. The van der Waals surface area contributed by atoms with Gasteiger partial charge in [-0.3, -0.25) is 0 Å². The Morgan fingerprint density at radius 1 is 1.40 bits per heavy atom. The summed E-state index contributed by atoms with van der Waals surface area (Å²) in [5.41, 5.74) is 1.29. The minimum Gasteiger partial charge on any atom is -0.383 e. The number of hydrogen-bond donors (Lipinski definition) is 1. The predicted molar refractivity (Wildman–Crippen MR) is 83.9 cm³/mol. The van der Waals surface area contributed by atoms with Gasteiger partial charge in [-0.1, -0.05) is 33.1 Å². The van der Waals surface area contributed by atoms with E-state index in [-0.39, 0.29) is 0 Å². The Morgan fingerprint density at radius 3 is 2.85 bits per heavy atom. The monoisotopic (exact) mass is 281 g/mol. The second-order valence-electron chi connectivity index (χ2n) is 5.49. The summed E-state index contributed by atoms with van der Waals surface area (Å²) in [6.45, 7) is 10.3. The van der Waals surface area contributed by atoms with Gasteiger partial charge in [-0.05, 0) is 19.3 Å². The standard InChI is InChI=1S/C16H31N3O/c1-5-7-8-15(6-2)13-19-14(3)18-12-16(19)11-17-9-10-20-4/h12,15,17H,5-11,13H2,1-4H3. The summed E-state index contributed by atoms with van der Waals surface area (Å²) in [4.78, 5) is 4.47. The minimum atomic E-state index is 0.751. The topological polar surface area (TPSA) is 39.1 Å². The molecule has 1 N–H and O–H groups in total. The summed E-state index contributed by atoms with van der Waals surface area (Å²) in [6, 6.07) is 0. The molecular formula is C16H31N3O. The Bertz CT molecular complexity index is 363. The van der Waals surface area contributed by atoms with Crippen LogP contribution < -0.4 is 5.32 Å². The van der Waals surface area contributed by atoms with Crippen molar-refractivity contribution < 1.29 is 4.74 Å². The van der Waals surface area contributed by atoms with Gasteiger partial charge in [0.2, 0.25) is 0 Å². The maximum absolute atomic E-state index is 5.06. The van der Waals surface area contributed by atoms with Gasteiger partial charge in [0.25, 0.3) is 0 Å². The molecule has 0 aliphatic heterocycles. The molecule has 1 atom stereocenters. The molecule has 0 amide bonds. The van der Waals surface area contributed by atoms with Crippen LogP contribution in [0.1, 0.15) is 51.0 Å². The molecule has 0 bridgehead atoms. The second kappa shape index (κ2) is 9.94. The van der Waals surface area contributed by atoms with Crippen molar-refractivity contribution >= 4 is 0 Å².